The van der Waals surface area contributed by atoms with Gasteiger partial charge in [-0.15, -0.1) is 0 Å². The molecule has 1 rings (SSSR count). The number of rotatable bonds is 63. The number of carbonyl (C=O) groups is 4. The van der Waals surface area contributed by atoms with Crippen LogP contribution in [-0.2, 0) is 42.9 Å². The van der Waals surface area contributed by atoms with E-state index in [0.29, 0.717) is 19.3 Å². The van der Waals surface area contributed by atoms with Crippen LogP contribution in [0.4, 0.5) is 0 Å². The number of hydrogen-bond donors (Lipinski definition) is 3. The Morgan fingerprint density at radius 3 is 1.09 bits per heavy atom. The number of carboxylic acid groups (broad SMARTS) is 1. The van der Waals surface area contributed by atoms with Crippen molar-refractivity contribution in [3.63, 3.8) is 0 Å². The summed E-state index contributed by atoms with van der Waals surface area (Å²) in [4.78, 5) is 51.5. The normalized spacial score (nSPS) is 17.6. The van der Waals surface area contributed by atoms with Crippen molar-refractivity contribution in [2.75, 3.05) is 13.2 Å². The average molecular weight is 1200 g/mol. The Bertz CT molecular complexity index is 1610. The van der Waals surface area contributed by atoms with Crippen molar-refractivity contribution < 1.29 is 58.2 Å². The lowest BCUT2D eigenvalue weighted by Gasteiger charge is -2.40. The number of esters is 3. The second-order valence-electron chi connectivity index (χ2n) is 24.9. The number of ether oxygens (including phenoxy) is 5. The molecule has 0 radical (unpaired) electrons. The molecular formula is C73H132O12. The van der Waals surface area contributed by atoms with Gasteiger partial charge in [0.05, 0.1) is 6.61 Å². The van der Waals surface area contributed by atoms with Gasteiger partial charge in [0.1, 0.15) is 18.8 Å². The second-order valence-corrected chi connectivity index (χ2v) is 24.9. The van der Waals surface area contributed by atoms with E-state index in [4.69, 9.17) is 23.7 Å². The Morgan fingerprint density at radius 2 is 0.706 bits per heavy atom. The predicted molar refractivity (Wildman–Crippen MR) is 350 cm³/mol. The second kappa shape index (κ2) is 61.2. The third-order valence-corrected chi connectivity index (χ3v) is 16.7. The van der Waals surface area contributed by atoms with Crippen molar-refractivity contribution in [3.8, 4) is 0 Å². The van der Waals surface area contributed by atoms with E-state index < -0.39 is 67.3 Å². The fourth-order valence-corrected chi connectivity index (χ4v) is 11.2. The van der Waals surface area contributed by atoms with Crippen LogP contribution in [0.1, 0.15) is 355 Å². The van der Waals surface area contributed by atoms with Gasteiger partial charge in [-0.2, -0.15) is 0 Å². The van der Waals surface area contributed by atoms with Crippen LogP contribution in [-0.4, -0.2) is 89.2 Å². The van der Waals surface area contributed by atoms with Crippen LogP contribution >= 0.6 is 0 Å². The molecule has 12 nitrogen and oxygen atoms in total. The van der Waals surface area contributed by atoms with Gasteiger partial charge in [-0.05, 0) is 77.0 Å². The van der Waals surface area contributed by atoms with E-state index in [-0.39, 0.29) is 25.9 Å². The third kappa shape index (κ3) is 50.5. The Kier molecular flexibility index (Phi) is 57.6. The largest absolute Gasteiger partial charge is 0.479 e. The van der Waals surface area contributed by atoms with E-state index in [1.165, 1.54) is 218 Å². The summed E-state index contributed by atoms with van der Waals surface area (Å²) in [7, 11) is 0. The van der Waals surface area contributed by atoms with E-state index in [9.17, 15) is 34.5 Å². The number of hydrogen-bond acceptors (Lipinski definition) is 11. The molecule has 1 aliphatic heterocycles. The van der Waals surface area contributed by atoms with Gasteiger partial charge >= 0.3 is 23.9 Å². The standard InChI is InChI=1S/C73H132O12/c1-4-7-10-13-16-19-22-25-28-31-33-36-38-41-44-47-50-53-56-59-65(74)81-62-64(83-66(75)60-57-54-51-48-45-42-39-35-30-27-24-21-18-15-12-9-6-3)63-82-73-71(69(78)68(77)70(85-73)72(79)80)84-67(76)61-58-55-52-49-46-43-40-37-34-32-29-26-23-20-17-14-11-8-5-2/h17,20,25-26,28-29,64,68-71,73,77-78H,4-16,18-19,21-24,27,30-63H2,1-3H3,(H,79,80)/b20-17-,28-25-,29-26-. The van der Waals surface area contributed by atoms with Crippen LogP contribution in [0.2, 0.25) is 0 Å². The topological polar surface area (TPSA) is 175 Å². The summed E-state index contributed by atoms with van der Waals surface area (Å²) in [6.07, 6.45) is 62.3. The number of carbonyl (C=O) groups excluding carboxylic acids is 3. The quantitative estimate of drug-likeness (QED) is 0.0228. The molecule has 1 fully saturated rings. The van der Waals surface area contributed by atoms with Gasteiger partial charge < -0.3 is 39.0 Å². The monoisotopic (exact) mass is 1200 g/mol. The van der Waals surface area contributed by atoms with Gasteiger partial charge in [-0.3, -0.25) is 14.4 Å². The molecule has 6 atom stereocenters. The highest BCUT2D eigenvalue weighted by molar-refractivity contribution is 5.74. The summed E-state index contributed by atoms with van der Waals surface area (Å²) in [5.74, 6) is -3.08. The molecule has 1 aliphatic rings. The van der Waals surface area contributed by atoms with Crippen molar-refractivity contribution in [1.29, 1.82) is 0 Å². The lowest BCUT2D eigenvalue weighted by atomic mass is 9.98. The lowest BCUT2D eigenvalue weighted by molar-refractivity contribution is -0.301. The van der Waals surface area contributed by atoms with Gasteiger partial charge in [0.25, 0.3) is 0 Å². The van der Waals surface area contributed by atoms with Crippen LogP contribution in [0.5, 0.6) is 0 Å². The zero-order valence-electron chi connectivity index (χ0n) is 55.1. The molecular weight excluding hydrogens is 1070 g/mol. The maximum Gasteiger partial charge on any atom is 0.335 e. The summed E-state index contributed by atoms with van der Waals surface area (Å²) in [5.41, 5.74) is 0. The zero-order chi connectivity index (χ0) is 61.7. The molecule has 0 saturated carbocycles. The number of unbranched alkanes of at least 4 members (excludes halogenated alkanes) is 43. The van der Waals surface area contributed by atoms with Gasteiger partial charge in [0.2, 0.25) is 0 Å². The maximum absolute atomic E-state index is 13.2. The van der Waals surface area contributed by atoms with Gasteiger partial charge in [-0.1, -0.05) is 295 Å². The molecule has 0 aromatic heterocycles. The molecule has 1 saturated heterocycles. The number of aliphatic carboxylic acids is 1. The molecule has 3 N–H and O–H groups in total. The SMILES string of the molecule is CCCCC/C=C\C/C=C\CCCCCCCCCCCC(=O)OC1C(OCC(COC(=O)CCCCCCCCCCC/C=C\CCCCCCCC)OC(=O)CCCCCCCCCCCCCCCCCCC)OC(C(=O)O)C(O)C1O. The Morgan fingerprint density at radius 1 is 0.388 bits per heavy atom. The number of aliphatic hydroxyl groups is 2. The number of carboxylic acids is 1. The number of allylic oxidation sites excluding steroid dienone is 6. The fourth-order valence-electron chi connectivity index (χ4n) is 11.2. The van der Waals surface area contributed by atoms with Crippen molar-refractivity contribution in [2.45, 2.75) is 391 Å². The first-order valence-corrected chi connectivity index (χ1v) is 36.0. The first kappa shape index (κ1) is 80.0. The average Bonchev–Trinajstić information content (AvgIpc) is 2.79. The summed E-state index contributed by atoms with van der Waals surface area (Å²) >= 11 is 0. The van der Waals surface area contributed by atoms with Crippen molar-refractivity contribution in [1.82, 2.24) is 0 Å². The summed E-state index contributed by atoms with van der Waals surface area (Å²) in [5, 5.41) is 31.7. The molecule has 0 aromatic carbocycles. The third-order valence-electron chi connectivity index (χ3n) is 16.7. The van der Waals surface area contributed by atoms with Crippen LogP contribution in [0.15, 0.2) is 36.5 Å². The number of aliphatic hydroxyl groups excluding tert-OH is 2. The van der Waals surface area contributed by atoms with Crippen LogP contribution in [0, 0.1) is 0 Å². The summed E-state index contributed by atoms with van der Waals surface area (Å²) in [6, 6.07) is 0. The minimum absolute atomic E-state index is 0.0594. The highest BCUT2D eigenvalue weighted by Crippen LogP contribution is 2.27. The Labute approximate surface area is 521 Å². The first-order valence-electron chi connectivity index (χ1n) is 36.0. The predicted octanol–water partition coefficient (Wildman–Crippen LogP) is 19.9. The highest BCUT2D eigenvalue weighted by atomic mass is 16.7. The molecule has 0 spiro atoms. The zero-order valence-corrected chi connectivity index (χ0v) is 55.1. The summed E-state index contributed by atoms with van der Waals surface area (Å²) < 4.78 is 28.7. The maximum atomic E-state index is 13.2. The molecule has 0 aromatic rings. The molecule has 6 unspecified atom stereocenters. The molecule has 85 heavy (non-hydrogen) atoms. The van der Waals surface area contributed by atoms with Crippen molar-refractivity contribution in [2.24, 2.45) is 0 Å². The smallest absolute Gasteiger partial charge is 0.335 e. The molecule has 12 heteroatoms. The van der Waals surface area contributed by atoms with Gasteiger partial charge in [0.15, 0.2) is 24.6 Å². The minimum Gasteiger partial charge on any atom is -0.479 e. The van der Waals surface area contributed by atoms with E-state index in [1.54, 1.807) is 0 Å². The molecule has 496 valence electrons. The first-order chi connectivity index (χ1) is 41.6. The van der Waals surface area contributed by atoms with Crippen molar-refractivity contribution in [3.05, 3.63) is 36.5 Å². The van der Waals surface area contributed by atoms with Crippen molar-refractivity contribution >= 4 is 23.9 Å². The van der Waals surface area contributed by atoms with Crippen LogP contribution < -0.4 is 0 Å². The highest BCUT2D eigenvalue weighted by Gasteiger charge is 2.50. The molecule has 0 bridgehead atoms. The molecule has 0 amide bonds. The van der Waals surface area contributed by atoms with Gasteiger partial charge in [-0.25, -0.2) is 4.79 Å². The fraction of sp³-hybridized carbons (Fsp3) is 0.863. The van der Waals surface area contributed by atoms with E-state index >= 15 is 0 Å². The van der Waals surface area contributed by atoms with Gasteiger partial charge in [0, 0.05) is 19.3 Å². The van der Waals surface area contributed by atoms with Crippen LogP contribution in [0.25, 0.3) is 0 Å². The Hall–Kier alpha value is -3.06. The minimum atomic E-state index is -1.90. The molecule has 0 aliphatic carbocycles. The van der Waals surface area contributed by atoms with E-state index in [0.717, 1.165) is 77.0 Å². The summed E-state index contributed by atoms with van der Waals surface area (Å²) in [6.45, 7) is 6.04. The molecule has 1 heterocycles. The van der Waals surface area contributed by atoms with E-state index in [2.05, 4.69) is 57.2 Å². The van der Waals surface area contributed by atoms with E-state index in [1.807, 2.05) is 0 Å². The Balaban J connectivity index is 2.61. The lowest BCUT2D eigenvalue weighted by Crippen LogP contribution is -2.61. The van der Waals surface area contributed by atoms with Crippen LogP contribution in [0.3, 0.4) is 0 Å².